The van der Waals surface area contributed by atoms with Gasteiger partial charge in [-0.25, -0.2) is 17.2 Å². The lowest BCUT2D eigenvalue weighted by Gasteiger charge is -2.10. The Bertz CT molecular complexity index is 585. The Morgan fingerprint density at radius 1 is 1.15 bits per heavy atom. The summed E-state index contributed by atoms with van der Waals surface area (Å²) in [4.78, 5) is 11.8. The molecule has 110 valence electrons. The van der Waals surface area contributed by atoms with Crippen LogP contribution in [0.15, 0.2) is 18.2 Å². The molecule has 1 fully saturated rings. The molecule has 0 aromatic heterocycles. The van der Waals surface area contributed by atoms with Gasteiger partial charge in [-0.2, -0.15) is 0 Å². The van der Waals surface area contributed by atoms with E-state index in [1.54, 1.807) is 0 Å². The van der Waals surface area contributed by atoms with Gasteiger partial charge in [-0.1, -0.05) is 18.9 Å². The number of ketones is 1. The molecule has 0 amide bonds. The fourth-order valence-corrected chi connectivity index (χ4v) is 4.34. The number of hydrogen-bond donors (Lipinski definition) is 0. The van der Waals surface area contributed by atoms with E-state index in [9.17, 15) is 22.0 Å². The molecule has 3 nitrogen and oxygen atoms in total. The monoisotopic (exact) mass is 302 g/mol. The second kappa shape index (κ2) is 5.99. The number of Topliss-reactive ketones (excluding diaryl/α,β-unsaturated/α-hetero) is 1. The number of hydrogen-bond acceptors (Lipinski definition) is 3. The van der Waals surface area contributed by atoms with Gasteiger partial charge in [0.2, 0.25) is 0 Å². The molecule has 0 atom stereocenters. The van der Waals surface area contributed by atoms with Crippen LogP contribution in [0.3, 0.4) is 0 Å². The third-order valence-corrected chi connectivity index (χ3v) is 5.24. The molecule has 2 rings (SSSR count). The second-order valence-electron chi connectivity index (χ2n) is 5.22. The van der Waals surface area contributed by atoms with Crippen LogP contribution in [0.25, 0.3) is 0 Å². The van der Waals surface area contributed by atoms with Crippen LogP contribution in [0, 0.1) is 17.6 Å². The van der Waals surface area contributed by atoms with E-state index in [0.717, 1.165) is 43.9 Å². The molecule has 0 bridgehead atoms. The zero-order valence-electron chi connectivity index (χ0n) is 10.9. The first-order valence-corrected chi connectivity index (χ1v) is 8.39. The van der Waals surface area contributed by atoms with Gasteiger partial charge in [0, 0.05) is 0 Å². The third kappa shape index (κ3) is 3.62. The highest BCUT2D eigenvalue weighted by Gasteiger charge is 2.27. The second-order valence-corrected chi connectivity index (χ2v) is 7.33. The summed E-state index contributed by atoms with van der Waals surface area (Å²) in [5.74, 6) is -3.90. The van der Waals surface area contributed by atoms with Crippen LogP contribution < -0.4 is 0 Å². The molecule has 20 heavy (non-hydrogen) atoms. The quantitative estimate of drug-likeness (QED) is 0.786. The maximum atomic E-state index is 13.4. The van der Waals surface area contributed by atoms with E-state index in [2.05, 4.69) is 0 Å². The van der Waals surface area contributed by atoms with E-state index in [1.807, 2.05) is 0 Å². The molecule has 0 radical (unpaired) electrons. The molecule has 0 heterocycles. The number of halogens is 2. The molecular formula is C14H16F2O3S. The molecule has 0 spiro atoms. The summed E-state index contributed by atoms with van der Waals surface area (Å²) in [6.07, 6.45) is 3.66. The Balaban J connectivity index is 2.10. The van der Waals surface area contributed by atoms with Crippen molar-refractivity contribution < 1.29 is 22.0 Å². The molecule has 0 aliphatic heterocycles. The average molecular weight is 302 g/mol. The highest BCUT2D eigenvalue weighted by molar-refractivity contribution is 7.92. The Labute approximate surface area is 116 Å². The van der Waals surface area contributed by atoms with Gasteiger partial charge in [0.25, 0.3) is 0 Å². The van der Waals surface area contributed by atoms with Crippen LogP contribution in [0.1, 0.15) is 36.0 Å². The number of sulfone groups is 1. The lowest BCUT2D eigenvalue weighted by Crippen LogP contribution is -2.24. The van der Waals surface area contributed by atoms with Crippen LogP contribution in [-0.4, -0.2) is 25.7 Å². The molecule has 6 heteroatoms. The first-order chi connectivity index (χ1) is 9.39. The van der Waals surface area contributed by atoms with E-state index in [-0.39, 0.29) is 11.7 Å². The molecule has 1 aliphatic carbocycles. The van der Waals surface area contributed by atoms with E-state index in [0.29, 0.717) is 0 Å². The summed E-state index contributed by atoms with van der Waals surface area (Å²) in [6.45, 7) is 0. The summed E-state index contributed by atoms with van der Waals surface area (Å²) in [5.41, 5.74) is -0.762. The largest absolute Gasteiger partial charge is 0.293 e. The van der Waals surface area contributed by atoms with Crippen molar-refractivity contribution in [3.05, 3.63) is 35.4 Å². The van der Waals surface area contributed by atoms with E-state index >= 15 is 0 Å². The zero-order valence-corrected chi connectivity index (χ0v) is 11.8. The summed E-state index contributed by atoms with van der Waals surface area (Å²) >= 11 is 0. The van der Waals surface area contributed by atoms with Gasteiger partial charge in [-0.05, 0) is 30.9 Å². The van der Waals surface area contributed by atoms with E-state index in [4.69, 9.17) is 0 Å². The molecular weight excluding hydrogens is 286 g/mol. The van der Waals surface area contributed by atoms with Crippen molar-refractivity contribution in [3.8, 4) is 0 Å². The maximum absolute atomic E-state index is 13.4. The fourth-order valence-electron chi connectivity index (χ4n) is 2.63. The van der Waals surface area contributed by atoms with Crippen molar-refractivity contribution >= 4 is 15.6 Å². The SMILES string of the molecule is O=C(CS(=O)(=O)CC1CCCC1)c1c(F)cccc1F. The van der Waals surface area contributed by atoms with Crippen molar-refractivity contribution in [1.82, 2.24) is 0 Å². The van der Waals surface area contributed by atoms with Gasteiger partial charge in [0.15, 0.2) is 15.6 Å². The minimum atomic E-state index is -3.63. The summed E-state index contributed by atoms with van der Waals surface area (Å²) < 4.78 is 50.7. The van der Waals surface area contributed by atoms with Crippen molar-refractivity contribution in [3.63, 3.8) is 0 Å². The number of carbonyl (C=O) groups is 1. The summed E-state index contributed by atoms with van der Waals surface area (Å²) in [7, 11) is -3.63. The highest BCUT2D eigenvalue weighted by Crippen LogP contribution is 2.26. The Morgan fingerprint density at radius 2 is 1.70 bits per heavy atom. The van der Waals surface area contributed by atoms with Crippen LogP contribution in [0.5, 0.6) is 0 Å². The van der Waals surface area contributed by atoms with Crippen molar-refractivity contribution in [1.29, 1.82) is 0 Å². The van der Waals surface area contributed by atoms with Crippen LogP contribution in [0.4, 0.5) is 8.78 Å². The summed E-state index contributed by atoms with van der Waals surface area (Å²) in [5, 5.41) is 0. The minimum Gasteiger partial charge on any atom is -0.293 e. The predicted octanol–water partition coefficient (Wildman–Crippen LogP) is 2.75. The van der Waals surface area contributed by atoms with Crippen LogP contribution in [0.2, 0.25) is 0 Å². The third-order valence-electron chi connectivity index (χ3n) is 3.56. The van der Waals surface area contributed by atoms with Gasteiger partial charge >= 0.3 is 0 Å². The number of rotatable bonds is 5. The zero-order chi connectivity index (χ0) is 14.8. The van der Waals surface area contributed by atoms with Crippen LogP contribution >= 0.6 is 0 Å². The van der Waals surface area contributed by atoms with Gasteiger partial charge in [0.1, 0.15) is 17.4 Å². The predicted molar refractivity (Wildman–Crippen MR) is 71.3 cm³/mol. The first kappa shape index (κ1) is 15.1. The van der Waals surface area contributed by atoms with Gasteiger partial charge in [-0.15, -0.1) is 0 Å². The average Bonchev–Trinajstić information content (AvgIpc) is 2.79. The van der Waals surface area contributed by atoms with Crippen molar-refractivity contribution in [2.75, 3.05) is 11.5 Å². The van der Waals surface area contributed by atoms with E-state index < -0.39 is 38.6 Å². The Kier molecular flexibility index (Phi) is 4.52. The standard InChI is InChI=1S/C14H16F2O3S/c15-11-6-3-7-12(16)14(11)13(17)9-20(18,19)8-10-4-1-2-5-10/h3,6-7,10H,1-2,4-5,8-9H2. The Hall–Kier alpha value is -1.30. The van der Waals surface area contributed by atoms with E-state index in [1.165, 1.54) is 0 Å². The molecule has 0 unspecified atom stereocenters. The maximum Gasteiger partial charge on any atom is 0.183 e. The summed E-state index contributed by atoms with van der Waals surface area (Å²) in [6, 6.07) is 3.02. The molecule has 0 N–H and O–H groups in total. The normalized spacial score (nSPS) is 16.5. The number of benzene rings is 1. The minimum absolute atomic E-state index is 0.0678. The van der Waals surface area contributed by atoms with Crippen molar-refractivity contribution in [2.24, 2.45) is 5.92 Å². The first-order valence-electron chi connectivity index (χ1n) is 6.57. The topological polar surface area (TPSA) is 51.2 Å². The fraction of sp³-hybridized carbons (Fsp3) is 0.500. The molecule has 1 saturated carbocycles. The molecule has 1 aliphatic rings. The van der Waals surface area contributed by atoms with Gasteiger partial charge in [-0.3, -0.25) is 4.79 Å². The lowest BCUT2D eigenvalue weighted by atomic mass is 10.1. The molecule has 1 aromatic rings. The smallest absolute Gasteiger partial charge is 0.183 e. The highest BCUT2D eigenvalue weighted by atomic mass is 32.2. The lowest BCUT2D eigenvalue weighted by molar-refractivity contribution is 0.101. The molecule has 0 saturated heterocycles. The van der Waals surface area contributed by atoms with Gasteiger partial charge < -0.3 is 0 Å². The van der Waals surface area contributed by atoms with Gasteiger partial charge in [0.05, 0.1) is 11.3 Å². The molecule has 1 aromatic carbocycles. The number of carbonyl (C=O) groups excluding carboxylic acids is 1. The van der Waals surface area contributed by atoms with Crippen molar-refractivity contribution in [2.45, 2.75) is 25.7 Å². The van der Waals surface area contributed by atoms with Crippen LogP contribution in [-0.2, 0) is 9.84 Å². The Morgan fingerprint density at radius 3 is 2.25 bits per heavy atom.